The standard InChI is InChI=1S/C10H8F3NO/c11-10(12,13)8-3-1-2-7(6-8)9-4-5-14-15-9/h1-6,9,14H. The average Bonchev–Trinajstić information content (AvgIpc) is 2.69. The number of alkyl halides is 3. The first-order valence-corrected chi connectivity index (χ1v) is 4.32. The molecule has 1 aromatic rings. The van der Waals surface area contributed by atoms with Crippen LogP contribution in [0.3, 0.4) is 0 Å². The van der Waals surface area contributed by atoms with Crippen molar-refractivity contribution < 1.29 is 18.0 Å². The number of halogens is 3. The summed E-state index contributed by atoms with van der Waals surface area (Å²) in [5.41, 5.74) is 2.28. The minimum Gasteiger partial charge on any atom is -0.274 e. The summed E-state index contributed by atoms with van der Waals surface area (Å²) in [4.78, 5) is 4.98. The van der Waals surface area contributed by atoms with Gasteiger partial charge in [-0.3, -0.25) is 10.3 Å². The number of nitrogens with one attached hydrogen (secondary N) is 1. The van der Waals surface area contributed by atoms with Crippen molar-refractivity contribution in [3.05, 3.63) is 47.7 Å². The van der Waals surface area contributed by atoms with Gasteiger partial charge in [0.15, 0.2) is 0 Å². The van der Waals surface area contributed by atoms with Gasteiger partial charge in [0.25, 0.3) is 0 Å². The van der Waals surface area contributed by atoms with Gasteiger partial charge in [-0.15, -0.1) is 0 Å². The van der Waals surface area contributed by atoms with Gasteiger partial charge in [-0.2, -0.15) is 13.2 Å². The van der Waals surface area contributed by atoms with Crippen LogP contribution < -0.4 is 5.48 Å². The summed E-state index contributed by atoms with van der Waals surface area (Å²) in [7, 11) is 0. The Kier molecular flexibility index (Phi) is 2.40. The molecule has 5 heteroatoms. The lowest BCUT2D eigenvalue weighted by Gasteiger charge is -2.11. The molecule has 0 aliphatic carbocycles. The molecule has 1 heterocycles. The quantitative estimate of drug-likeness (QED) is 0.777. The van der Waals surface area contributed by atoms with Crippen molar-refractivity contribution in [3.63, 3.8) is 0 Å². The molecule has 1 aliphatic rings. The fourth-order valence-corrected chi connectivity index (χ4v) is 1.35. The van der Waals surface area contributed by atoms with Crippen molar-refractivity contribution in [1.29, 1.82) is 0 Å². The molecule has 1 N–H and O–H groups in total. The summed E-state index contributed by atoms with van der Waals surface area (Å²) in [5, 5.41) is 0. The molecule has 0 bridgehead atoms. The van der Waals surface area contributed by atoms with Gasteiger partial charge in [-0.05, 0) is 23.8 Å². The second kappa shape index (κ2) is 3.58. The van der Waals surface area contributed by atoms with Gasteiger partial charge in [0, 0.05) is 6.20 Å². The van der Waals surface area contributed by atoms with Crippen LogP contribution in [0.25, 0.3) is 0 Å². The van der Waals surface area contributed by atoms with Crippen LogP contribution in [0.4, 0.5) is 13.2 Å². The number of hydroxylamine groups is 1. The maximum absolute atomic E-state index is 12.4. The number of benzene rings is 1. The normalized spacial score (nSPS) is 20.3. The predicted molar refractivity (Wildman–Crippen MR) is 47.5 cm³/mol. The molecule has 1 aliphatic heterocycles. The van der Waals surface area contributed by atoms with Crippen molar-refractivity contribution in [3.8, 4) is 0 Å². The number of hydrogen-bond acceptors (Lipinski definition) is 2. The molecule has 1 atom stereocenters. The molecular formula is C10H8F3NO. The van der Waals surface area contributed by atoms with Gasteiger partial charge in [-0.1, -0.05) is 12.1 Å². The SMILES string of the molecule is FC(F)(F)c1cccc(C2C=CNO2)c1. The summed E-state index contributed by atoms with van der Waals surface area (Å²) >= 11 is 0. The lowest BCUT2D eigenvalue weighted by Crippen LogP contribution is -2.08. The highest BCUT2D eigenvalue weighted by molar-refractivity contribution is 5.29. The van der Waals surface area contributed by atoms with Crippen molar-refractivity contribution >= 4 is 0 Å². The van der Waals surface area contributed by atoms with Crippen LogP contribution in [0, 0.1) is 0 Å². The van der Waals surface area contributed by atoms with E-state index in [1.165, 1.54) is 6.07 Å². The monoisotopic (exact) mass is 215 g/mol. The summed E-state index contributed by atoms with van der Waals surface area (Å²) < 4.78 is 37.1. The molecule has 1 aromatic carbocycles. The van der Waals surface area contributed by atoms with Gasteiger partial charge in [-0.25, -0.2) is 0 Å². The van der Waals surface area contributed by atoms with Gasteiger partial charge >= 0.3 is 6.18 Å². The van der Waals surface area contributed by atoms with Crippen LogP contribution >= 0.6 is 0 Å². The van der Waals surface area contributed by atoms with E-state index < -0.39 is 17.8 Å². The van der Waals surface area contributed by atoms with Gasteiger partial charge in [0.1, 0.15) is 6.10 Å². The first-order valence-electron chi connectivity index (χ1n) is 4.32. The third kappa shape index (κ3) is 2.12. The molecule has 0 amide bonds. The highest BCUT2D eigenvalue weighted by Crippen LogP contribution is 2.31. The molecule has 15 heavy (non-hydrogen) atoms. The van der Waals surface area contributed by atoms with E-state index in [9.17, 15) is 13.2 Å². The molecule has 0 aromatic heterocycles. The van der Waals surface area contributed by atoms with Crippen LogP contribution in [-0.2, 0) is 11.0 Å². The second-order valence-electron chi connectivity index (χ2n) is 3.14. The zero-order chi connectivity index (χ0) is 10.9. The predicted octanol–water partition coefficient (Wildman–Crippen LogP) is 2.79. The van der Waals surface area contributed by atoms with E-state index in [-0.39, 0.29) is 0 Å². The summed E-state index contributed by atoms with van der Waals surface area (Å²) in [5.74, 6) is 0. The molecular weight excluding hydrogens is 207 g/mol. The van der Waals surface area contributed by atoms with E-state index in [0.717, 1.165) is 12.1 Å². The Balaban J connectivity index is 2.30. The Bertz CT molecular complexity index is 386. The van der Waals surface area contributed by atoms with E-state index >= 15 is 0 Å². The molecule has 0 saturated carbocycles. The molecule has 2 nitrogen and oxygen atoms in total. The lowest BCUT2D eigenvalue weighted by atomic mass is 10.1. The summed E-state index contributed by atoms with van der Waals surface area (Å²) in [6, 6.07) is 5.09. The molecule has 1 unspecified atom stereocenters. The number of hydrogen-bond donors (Lipinski definition) is 1. The fraction of sp³-hybridized carbons (Fsp3) is 0.200. The third-order valence-electron chi connectivity index (χ3n) is 2.08. The van der Waals surface area contributed by atoms with Crippen LogP contribution in [0.15, 0.2) is 36.5 Å². The van der Waals surface area contributed by atoms with E-state index in [0.29, 0.717) is 5.56 Å². The molecule has 0 fully saturated rings. The molecule has 0 saturated heterocycles. The number of rotatable bonds is 1. The van der Waals surface area contributed by atoms with Crippen LogP contribution in [-0.4, -0.2) is 0 Å². The Morgan fingerprint density at radius 2 is 2.07 bits per heavy atom. The largest absolute Gasteiger partial charge is 0.416 e. The van der Waals surface area contributed by atoms with Crippen LogP contribution in [0.1, 0.15) is 17.2 Å². The van der Waals surface area contributed by atoms with E-state index in [1.807, 2.05) is 0 Å². The molecule has 2 rings (SSSR count). The second-order valence-corrected chi connectivity index (χ2v) is 3.14. The van der Waals surface area contributed by atoms with E-state index in [2.05, 4.69) is 5.48 Å². The highest BCUT2D eigenvalue weighted by atomic mass is 19.4. The van der Waals surface area contributed by atoms with Crippen molar-refractivity contribution in [2.75, 3.05) is 0 Å². The lowest BCUT2D eigenvalue weighted by molar-refractivity contribution is -0.137. The topological polar surface area (TPSA) is 21.3 Å². The molecule has 80 valence electrons. The third-order valence-corrected chi connectivity index (χ3v) is 2.08. The molecule has 0 radical (unpaired) electrons. The van der Waals surface area contributed by atoms with Crippen molar-refractivity contribution in [2.24, 2.45) is 0 Å². The summed E-state index contributed by atoms with van der Waals surface area (Å²) in [6.07, 6.45) is -1.57. The zero-order valence-corrected chi connectivity index (χ0v) is 7.58. The van der Waals surface area contributed by atoms with Crippen molar-refractivity contribution in [2.45, 2.75) is 12.3 Å². The summed E-state index contributed by atoms with van der Waals surface area (Å²) in [6.45, 7) is 0. The van der Waals surface area contributed by atoms with Gasteiger partial charge in [0.05, 0.1) is 5.56 Å². The highest BCUT2D eigenvalue weighted by Gasteiger charge is 2.31. The maximum Gasteiger partial charge on any atom is 0.416 e. The first kappa shape index (κ1) is 10.0. The smallest absolute Gasteiger partial charge is 0.274 e. The van der Waals surface area contributed by atoms with Crippen LogP contribution in [0.5, 0.6) is 0 Å². The first-order chi connectivity index (χ1) is 7.07. The van der Waals surface area contributed by atoms with E-state index in [1.54, 1.807) is 18.3 Å². The average molecular weight is 215 g/mol. The maximum atomic E-state index is 12.4. The Morgan fingerprint density at radius 1 is 1.27 bits per heavy atom. The van der Waals surface area contributed by atoms with Gasteiger partial charge < -0.3 is 0 Å². The van der Waals surface area contributed by atoms with Crippen molar-refractivity contribution in [1.82, 2.24) is 5.48 Å². The Hall–Kier alpha value is -1.49. The minimum absolute atomic E-state index is 0.452. The Morgan fingerprint density at radius 3 is 2.67 bits per heavy atom. The fourth-order valence-electron chi connectivity index (χ4n) is 1.35. The Labute approximate surface area is 84.3 Å². The van der Waals surface area contributed by atoms with Crippen LogP contribution in [0.2, 0.25) is 0 Å². The minimum atomic E-state index is -4.31. The van der Waals surface area contributed by atoms with E-state index in [4.69, 9.17) is 4.84 Å². The molecule has 0 spiro atoms. The van der Waals surface area contributed by atoms with Gasteiger partial charge in [0.2, 0.25) is 0 Å². The zero-order valence-electron chi connectivity index (χ0n) is 7.58.